The third kappa shape index (κ3) is 1.04. The number of hydrogen-bond acceptors (Lipinski definition) is 3. The molecule has 0 aromatic heterocycles. The zero-order valence-corrected chi connectivity index (χ0v) is 8.09. The van der Waals surface area contributed by atoms with Gasteiger partial charge in [-0.2, -0.15) is 0 Å². The number of phenols is 2. The number of carbonyl (C=O) groups excluding carboxylic acids is 1. The van der Waals surface area contributed by atoms with E-state index in [-0.39, 0.29) is 34.0 Å². The number of rotatable bonds is 0. The fourth-order valence-electron chi connectivity index (χ4n) is 1.64. The first-order valence-corrected chi connectivity index (χ1v) is 4.45. The van der Waals surface area contributed by atoms with E-state index in [2.05, 4.69) is 5.32 Å². The molecular formula is C9H8ClNO3. The van der Waals surface area contributed by atoms with E-state index in [0.29, 0.717) is 5.56 Å². The number of hydrogen-bond donors (Lipinski definition) is 3. The summed E-state index contributed by atoms with van der Waals surface area (Å²) >= 11 is 5.82. The van der Waals surface area contributed by atoms with Crippen molar-refractivity contribution in [2.75, 3.05) is 0 Å². The molecule has 2 rings (SSSR count). The lowest BCUT2D eigenvalue weighted by Crippen LogP contribution is -2.16. The van der Waals surface area contributed by atoms with Crippen LogP contribution in [0.3, 0.4) is 0 Å². The number of phenolic OH excluding ortho intramolecular Hbond substituents is 2. The molecular weight excluding hydrogens is 206 g/mol. The minimum Gasteiger partial charge on any atom is -0.507 e. The maximum Gasteiger partial charge on any atom is 0.255 e. The van der Waals surface area contributed by atoms with Gasteiger partial charge in [0.2, 0.25) is 0 Å². The minimum atomic E-state index is -0.369. The molecule has 74 valence electrons. The Hall–Kier alpha value is -1.42. The van der Waals surface area contributed by atoms with Crippen LogP contribution in [-0.2, 0) is 0 Å². The lowest BCUT2D eigenvalue weighted by atomic mass is 10.0. The smallest absolute Gasteiger partial charge is 0.255 e. The van der Waals surface area contributed by atoms with Crippen LogP contribution in [0.2, 0.25) is 5.02 Å². The third-order valence-corrected chi connectivity index (χ3v) is 2.67. The summed E-state index contributed by atoms with van der Waals surface area (Å²) in [7, 11) is 0. The first-order valence-electron chi connectivity index (χ1n) is 4.07. The Morgan fingerprint density at radius 2 is 2.07 bits per heavy atom. The van der Waals surface area contributed by atoms with Crippen molar-refractivity contribution in [1.29, 1.82) is 0 Å². The van der Waals surface area contributed by atoms with Crippen LogP contribution in [0.25, 0.3) is 0 Å². The summed E-state index contributed by atoms with van der Waals surface area (Å²) in [5, 5.41) is 21.5. The summed E-state index contributed by atoms with van der Waals surface area (Å²) in [5.41, 5.74) is 0.606. The van der Waals surface area contributed by atoms with Gasteiger partial charge in [0.1, 0.15) is 11.5 Å². The van der Waals surface area contributed by atoms with E-state index in [0.717, 1.165) is 6.07 Å². The molecule has 14 heavy (non-hydrogen) atoms. The molecule has 0 aliphatic carbocycles. The monoisotopic (exact) mass is 213 g/mol. The van der Waals surface area contributed by atoms with Crippen molar-refractivity contribution in [2.45, 2.75) is 13.0 Å². The fraction of sp³-hybridized carbons (Fsp3) is 0.222. The van der Waals surface area contributed by atoms with Gasteiger partial charge in [0, 0.05) is 11.6 Å². The molecule has 1 aromatic carbocycles. The Labute approximate surface area is 85.1 Å². The molecule has 3 N–H and O–H groups in total. The maximum absolute atomic E-state index is 11.3. The van der Waals surface area contributed by atoms with E-state index in [4.69, 9.17) is 11.6 Å². The highest BCUT2D eigenvalue weighted by molar-refractivity contribution is 6.33. The van der Waals surface area contributed by atoms with E-state index in [1.807, 2.05) is 0 Å². The molecule has 1 atom stereocenters. The van der Waals surface area contributed by atoms with Crippen LogP contribution in [-0.4, -0.2) is 16.1 Å². The largest absolute Gasteiger partial charge is 0.507 e. The molecule has 1 amide bonds. The SMILES string of the molecule is C[C@H]1NC(=O)c2c(O)cc(O)c(Cl)c21. The summed E-state index contributed by atoms with van der Waals surface area (Å²) in [6.07, 6.45) is 0. The second kappa shape index (κ2) is 2.78. The Kier molecular flexibility index (Phi) is 1.82. The van der Waals surface area contributed by atoms with Crippen LogP contribution < -0.4 is 5.32 Å². The number of nitrogens with one attached hydrogen (secondary N) is 1. The fourth-order valence-corrected chi connectivity index (χ4v) is 1.95. The predicted octanol–water partition coefficient (Wildman–Crippen LogP) is 1.56. The molecule has 0 saturated heterocycles. The number of fused-ring (bicyclic) bond motifs is 1. The average Bonchev–Trinajstić information content (AvgIpc) is 2.38. The van der Waals surface area contributed by atoms with Gasteiger partial charge in [-0.3, -0.25) is 4.79 Å². The topological polar surface area (TPSA) is 69.6 Å². The van der Waals surface area contributed by atoms with Gasteiger partial charge in [0.25, 0.3) is 5.91 Å². The molecule has 5 heteroatoms. The van der Waals surface area contributed by atoms with Crippen LogP contribution in [0.15, 0.2) is 6.07 Å². The summed E-state index contributed by atoms with van der Waals surface area (Å²) < 4.78 is 0. The van der Waals surface area contributed by atoms with E-state index in [1.54, 1.807) is 6.92 Å². The summed E-state index contributed by atoms with van der Waals surface area (Å²) in [6, 6.07) is 0.779. The van der Waals surface area contributed by atoms with Crippen molar-refractivity contribution in [3.63, 3.8) is 0 Å². The van der Waals surface area contributed by atoms with E-state index < -0.39 is 0 Å². The maximum atomic E-state index is 11.3. The van der Waals surface area contributed by atoms with Gasteiger partial charge in [-0.1, -0.05) is 11.6 Å². The van der Waals surface area contributed by atoms with Crippen LogP contribution in [0, 0.1) is 0 Å². The molecule has 0 unspecified atom stereocenters. The van der Waals surface area contributed by atoms with Crippen molar-refractivity contribution in [2.24, 2.45) is 0 Å². The van der Waals surface area contributed by atoms with Gasteiger partial charge in [0.05, 0.1) is 16.6 Å². The minimum absolute atomic E-state index is 0.114. The van der Waals surface area contributed by atoms with E-state index >= 15 is 0 Å². The number of carbonyl (C=O) groups is 1. The van der Waals surface area contributed by atoms with Crippen LogP contribution in [0.5, 0.6) is 11.5 Å². The number of aromatic hydroxyl groups is 2. The molecule has 0 saturated carbocycles. The summed E-state index contributed by atoms with van der Waals surface area (Å²) in [4.78, 5) is 11.3. The molecule has 0 radical (unpaired) electrons. The number of benzene rings is 1. The first kappa shape index (κ1) is 9.15. The Bertz CT molecular complexity index is 431. The van der Waals surface area contributed by atoms with Gasteiger partial charge in [0.15, 0.2) is 0 Å². The zero-order chi connectivity index (χ0) is 10.5. The molecule has 0 bridgehead atoms. The predicted molar refractivity (Wildman–Crippen MR) is 50.7 cm³/mol. The van der Waals surface area contributed by atoms with Gasteiger partial charge < -0.3 is 15.5 Å². The van der Waals surface area contributed by atoms with Crippen molar-refractivity contribution in [1.82, 2.24) is 5.32 Å². The molecule has 1 aliphatic rings. The average molecular weight is 214 g/mol. The molecule has 4 nitrogen and oxygen atoms in total. The lowest BCUT2D eigenvalue weighted by molar-refractivity contribution is 0.0956. The Morgan fingerprint density at radius 3 is 2.71 bits per heavy atom. The van der Waals surface area contributed by atoms with Crippen LogP contribution in [0.1, 0.15) is 28.9 Å². The van der Waals surface area contributed by atoms with Crippen molar-refractivity contribution >= 4 is 17.5 Å². The Balaban J connectivity index is 2.79. The van der Waals surface area contributed by atoms with Gasteiger partial charge in [-0.15, -0.1) is 0 Å². The van der Waals surface area contributed by atoms with Crippen molar-refractivity contribution in [3.05, 3.63) is 22.2 Å². The Morgan fingerprint density at radius 1 is 1.43 bits per heavy atom. The van der Waals surface area contributed by atoms with E-state index in [9.17, 15) is 15.0 Å². The van der Waals surface area contributed by atoms with E-state index in [1.165, 1.54) is 0 Å². The zero-order valence-electron chi connectivity index (χ0n) is 7.34. The molecule has 0 spiro atoms. The summed E-state index contributed by atoms with van der Waals surface area (Å²) in [5.74, 6) is -0.832. The molecule has 1 aromatic rings. The van der Waals surface area contributed by atoms with Gasteiger partial charge in [-0.25, -0.2) is 0 Å². The quantitative estimate of drug-likeness (QED) is 0.613. The van der Waals surface area contributed by atoms with Crippen LogP contribution >= 0.6 is 11.6 Å². The first-order chi connectivity index (χ1) is 6.52. The number of halogens is 1. The van der Waals surface area contributed by atoms with Crippen LogP contribution in [0.4, 0.5) is 0 Å². The van der Waals surface area contributed by atoms with Gasteiger partial charge in [-0.05, 0) is 6.92 Å². The highest BCUT2D eigenvalue weighted by atomic mass is 35.5. The number of amides is 1. The van der Waals surface area contributed by atoms with Crippen molar-refractivity contribution < 1.29 is 15.0 Å². The molecule has 1 heterocycles. The van der Waals surface area contributed by atoms with Gasteiger partial charge >= 0.3 is 0 Å². The highest BCUT2D eigenvalue weighted by Gasteiger charge is 2.32. The highest BCUT2D eigenvalue weighted by Crippen LogP contribution is 2.42. The molecule has 1 aliphatic heterocycles. The third-order valence-electron chi connectivity index (χ3n) is 2.27. The summed E-state index contributed by atoms with van der Waals surface area (Å²) in [6.45, 7) is 1.73. The lowest BCUT2D eigenvalue weighted by Gasteiger charge is -2.08. The second-order valence-corrected chi connectivity index (χ2v) is 3.59. The molecule has 0 fully saturated rings. The van der Waals surface area contributed by atoms with Crippen molar-refractivity contribution in [3.8, 4) is 11.5 Å². The normalized spacial score (nSPS) is 19.3. The standard InChI is InChI=1S/C9H8ClNO3/c1-3-6-7(9(14)11-3)4(12)2-5(13)8(6)10/h2-3,12-13H,1H3,(H,11,14)/t3-/m1/s1. The second-order valence-electron chi connectivity index (χ2n) is 3.21.